The molecule has 0 N–H and O–H groups in total. The third kappa shape index (κ3) is 3.41. The van der Waals surface area contributed by atoms with Gasteiger partial charge in [-0.2, -0.15) is 0 Å². The van der Waals surface area contributed by atoms with Crippen molar-refractivity contribution >= 4 is 97.3 Å². The molecule has 8 rings (SSSR count). The van der Waals surface area contributed by atoms with Crippen LogP contribution in [0.2, 0.25) is 0 Å². The van der Waals surface area contributed by atoms with Gasteiger partial charge in [-0.05, 0) is 104 Å². The van der Waals surface area contributed by atoms with Gasteiger partial charge in [-0.3, -0.25) is 0 Å². The molecule has 4 aliphatic rings. The van der Waals surface area contributed by atoms with Crippen molar-refractivity contribution in [2.24, 2.45) is 0 Å². The largest absolute Gasteiger partial charge is 0.505 e. The van der Waals surface area contributed by atoms with E-state index in [0.29, 0.717) is 11.8 Å². The van der Waals surface area contributed by atoms with Crippen LogP contribution in [0.1, 0.15) is 104 Å². The Balaban J connectivity index is 1.28. The summed E-state index contributed by atoms with van der Waals surface area (Å²) in [5.74, 6) is 1.29. The zero-order valence-corrected chi connectivity index (χ0v) is 26.7. The molecule has 4 aromatic rings. The van der Waals surface area contributed by atoms with Gasteiger partial charge in [-0.1, -0.05) is 0 Å². The Labute approximate surface area is 241 Å². The third-order valence-corrected chi connectivity index (χ3v) is 15.4. The van der Waals surface area contributed by atoms with E-state index in [2.05, 4.69) is 55.4 Å². The van der Waals surface area contributed by atoms with Crippen molar-refractivity contribution < 1.29 is 18.6 Å². The van der Waals surface area contributed by atoms with Crippen LogP contribution >= 0.6 is 45.3 Å². The molecule has 38 heavy (non-hydrogen) atoms. The molecule has 0 radical (unpaired) electrons. The summed E-state index contributed by atoms with van der Waals surface area (Å²) in [6, 6.07) is 0. The molecule has 0 spiro atoms. The van der Waals surface area contributed by atoms with Crippen LogP contribution < -0.4 is 9.55 Å². The predicted octanol–water partition coefficient (Wildman–Crippen LogP) is 7.75. The smallest absolute Gasteiger partial charge is 0.399 e. The monoisotopic (exact) mass is 584 g/mol. The van der Waals surface area contributed by atoms with Crippen LogP contribution in [0, 0.1) is 0 Å². The Bertz CT molecular complexity index is 1480. The second-order valence-corrected chi connectivity index (χ2v) is 17.8. The molecule has 2 saturated heterocycles. The number of thiophene rings is 4. The maximum atomic E-state index is 6.56. The van der Waals surface area contributed by atoms with E-state index in [1.165, 1.54) is 74.6 Å². The first-order valence-corrected chi connectivity index (χ1v) is 17.2. The van der Waals surface area contributed by atoms with E-state index in [1.54, 1.807) is 0 Å². The second-order valence-electron chi connectivity index (χ2n) is 13.7. The van der Waals surface area contributed by atoms with Crippen molar-refractivity contribution in [3.8, 4) is 0 Å². The summed E-state index contributed by atoms with van der Waals surface area (Å²) < 4.78 is 37.6. The summed E-state index contributed by atoms with van der Waals surface area (Å²) in [5, 5.41) is 0. The van der Waals surface area contributed by atoms with Crippen molar-refractivity contribution in [1.29, 1.82) is 0 Å². The summed E-state index contributed by atoms with van der Waals surface area (Å²) in [4.78, 5) is 0. The highest BCUT2D eigenvalue weighted by Gasteiger charge is 2.55. The molecule has 2 aliphatic carbocycles. The molecule has 2 aliphatic heterocycles. The van der Waals surface area contributed by atoms with Crippen molar-refractivity contribution in [2.75, 3.05) is 0 Å². The average Bonchev–Trinajstić information content (AvgIpc) is 3.63. The van der Waals surface area contributed by atoms with Gasteiger partial charge in [0, 0.05) is 9.55 Å². The van der Waals surface area contributed by atoms with Gasteiger partial charge in [0.1, 0.15) is 0 Å². The molecule has 200 valence electrons. The fourth-order valence-corrected chi connectivity index (χ4v) is 12.1. The molecule has 4 nitrogen and oxygen atoms in total. The fourth-order valence-electron chi connectivity index (χ4n) is 5.76. The standard InChI is InChI=1S/C28H34B2O4S4/c1-25(2)26(3,4)32-29(31-25)23-15(13-9-10-13)17-19(37-23)21-22(35-17)20-18(36-21)16(14-11-12-14)24(38-20)30-33-27(5,6)28(7,8)34-30/h13-14H,9-12H2,1-8H3. The summed E-state index contributed by atoms with van der Waals surface area (Å²) in [5.41, 5.74) is 1.74. The van der Waals surface area contributed by atoms with Crippen LogP contribution in [-0.4, -0.2) is 36.6 Å². The van der Waals surface area contributed by atoms with E-state index in [-0.39, 0.29) is 36.6 Å². The lowest BCUT2D eigenvalue weighted by Crippen LogP contribution is -2.41. The Kier molecular flexibility index (Phi) is 5.11. The minimum atomic E-state index is -0.320. The first kappa shape index (κ1) is 25.3. The maximum absolute atomic E-state index is 6.56. The Hall–Kier alpha value is -0.450. The van der Waals surface area contributed by atoms with Crippen molar-refractivity contribution in [3.05, 3.63) is 11.1 Å². The van der Waals surface area contributed by atoms with Crippen LogP contribution in [0.4, 0.5) is 0 Å². The molecular weight excluding hydrogens is 550 g/mol. The Morgan fingerprint density at radius 2 is 0.763 bits per heavy atom. The average molecular weight is 584 g/mol. The van der Waals surface area contributed by atoms with E-state index < -0.39 is 0 Å². The van der Waals surface area contributed by atoms with Crippen LogP contribution in [0.25, 0.3) is 28.2 Å². The number of hydrogen-bond acceptors (Lipinski definition) is 8. The van der Waals surface area contributed by atoms with E-state index in [9.17, 15) is 0 Å². The highest BCUT2D eigenvalue weighted by molar-refractivity contribution is 7.47. The zero-order valence-electron chi connectivity index (χ0n) is 23.4. The molecule has 0 amide bonds. The van der Waals surface area contributed by atoms with Gasteiger partial charge in [0.2, 0.25) is 0 Å². The molecule has 6 heterocycles. The summed E-state index contributed by atoms with van der Waals surface area (Å²) in [6.45, 7) is 17.2. The van der Waals surface area contributed by atoms with Gasteiger partial charge >= 0.3 is 14.2 Å². The fraction of sp³-hybridized carbons (Fsp3) is 0.643. The summed E-state index contributed by atoms with van der Waals surface area (Å²) >= 11 is 7.88. The van der Waals surface area contributed by atoms with Crippen LogP contribution in [-0.2, 0) is 18.6 Å². The zero-order chi connectivity index (χ0) is 26.6. The van der Waals surface area contributed by atoms with Gasteiger partial charge in [0.05, 0.1) is 50.6 Å². The quantitative estimate of drug-likeness (QED) is 0.230. The molecule has 4 aromatic heterocycles. The molecule has 0 aromatic carbocycles. The maximum Gasteiger partial charge on any atom is 0.505 e. The number of hydrogen-bond donors (Lipinski definition) is 0. The molecule has 0 unspecified atom stereocenters. The normalized spacial score (nSPS) is 26.1. The predicted molar refractivity (Wildman–Crippen MR) is 166 cm³/mol. The highest BCUT2D eigenvalue weighted by Crippen LogP contribution is 2.56. The minimum absolute atomic E-state index is 0.270. The van der Waals surface area contributed by atoms with Gasteiger partial charge < -0.3 is 18.6 Å². The lowest BCUT2D eigenvalue weighted by atomic mass is 9.83. The summed E-state index contributed by atoms with van der Waals surface area (Å²) in [7, 11) is -0.540. The van der Waals surface area contributed by atoms with Crippen molar-refractivity contribution in [3.63, 3.8) is 0 Å². The third-order valence-electron chi connectivity index (χ3n) is 9.79. The highest BCUT2D eigenvalue weighted by atomic mass is 32.1. The molecule has 4 fully saturated rings. The number of fused-ring (bicyclic) bond motifs is 5. The van der Waals surface area contributed by atoms with E-state index in [4.69, 9.17) is 18.6 Å². The molecular formula is C28H34B2O4S4. The van der Waals surface area contributed by atoms with E-state index in [0.717, 1.165) is 0 Å². The van der Waals surface area contributed by atoms with Gasteiger partial charge in [-0.25, -0.2) is 0 Å². The summed E-state index contributed by atoms with van der Waals surface area (Å²) in [6.07, 6.45) is 5.10. The van der Waals surface area contributed by atoms with Gasteiger partial charge in [-0.15, -0.1) is 45.3 Å². The molecule has 2 saturated carbocycles. The lowest BCUT2D eigenvalue weighted by Gasteiger charge is -2.32. The lowest BCUT2D eigenvalue weighted by molar-refractivity contribution is 0.00578. The number of rotatable bonds is 4. The SMILES string of the molecule is CC1(C)OB(c2sc3c(sc4c5sc(B6OC(C)(C)C(C)(C)O6)c(C6CC6)c5sc34)c2C2CC2)OC1(C)C. The Morgan fingerprint density at radius 3 is 1.05 bits per heavy atom. The van der Waals surface area contributed by atoms with Crippen LogP contribution in [0.5, 0.6) is 0 Å². The Morgan fingerprint density at radius 1 is 0.474 bits per heavy atom. The molecule has 10 heteroatoms. The minimum Gasteiger partial charge on any atom is -0.399 e. The first-order chi connectivity index (χ1) is 17.8. The first-order valence-electron chi connectivity index (χ1n) is 13.9. The van der Waals surface area contributed by atoms with E-state index >= 15 is 0 Å². The second kappa shape index (κ2) is 7.68. The van der Waals surface area contributed by atoms with E-state index in [1.807, 2.05) is 45.3 Å². The van der Waals surface area contributed by atoms with Gasteiger partial charge in [0.15, 0.2) is 0 Å². The van der Waals surface area contributed by atoms with Crippen LogP contribution in [0.3, 0.4) is 0 Å². The van der Waals surface area contributed by atoms with Crippen LogP contribution in [0.15, 0.2) is 0 Å². The van der Waals surface area contributed by atoms with Crippen molar-refractivity contribution in [1.82, 2.24) is 0 Å². The van der Waals surface area contributed by atoms with Gasteiger partial charge in [0.25, 0.3) is 0 Å². The van der Waals surface area contributed by atoms with Crippen molar-refractivity contribution in [2.45, 2.75) is 115 Å². The molecule has 0 atom stereocenters. The molecule has 0 bridgehead atoms. The topological polar surface area (TPSA) is 36.9 Å².